The molecule has 0 aliphatic carbocycles. The summed E-state index contributed by atoms with van der Waals surface area (Å²) in [6, 6.07) is 24.2. The van der Waals surface area contributed by atoms with Crippen molar-refractivity contribution in [2.75, 3.05) is 6.61 Å². The highest BCUT2D eigenvalue weighted by atomic mass is 16.5. The molecule has 0 aliphatic rings. The van der Waals surface area contributed by atoms with E-state index in [4.69, 9.17) is 14.5 Å². The summed E-state index contributed by atoms with van der Waals surface area (Å²) in [7, 11) is 0. The Labute approximate surface area is 178 Å². The molecule has 154 valence electrons. The van der Waals surface area contributed by atoms with Gasteiger partial charge >= 0.3 is 0 Å². The molecule has 0 N–H and O–H groups in total. The SMILES string of the molecule is CCCCn1c(-c2ccc(Oc3ccccc3)cc2)nc2ccc(OCCC)cc21. The van der Waals surface area contributed by atoms with Gasteiger partial charge in [-0.3, -0.25) is 0 Å². The van der Waals surface area contributed by atoms with Gasteiger partial charge in [0.1, 0.15) is 23.1 Å². The smallest absolute Gasteiger partial charge is 0.141 e. The Hall–Kier alpha value is -3.27. The minimum atomic E-state index is 0.727. The first-order valence-corrected chi connectivity index (χ1v) is 10.7. The van der Waals surface area contributed by atoms with E-state index < -0.39 is 0 Å². The average molecular weight is 401 g/mol. The van der Waals surface area contributed by atoms with Gasteiger partial charge in [-0.2, -0.15) is 0 Å². The van der Waals surface area contributed by atoms with E-state index in [1.807, 2.05) is 48.5 Å². The Kier molecular flexibility index (Phi) is 6.33. The molecule has 0 radical (unpaired) electrons. The van der Waals surface area contributed by atoms with E-state index in [9.17, 15) is 0 Å². The highest BCUT2D eigenvalue weighted by molar-refractivity contribution is 5.82. The minimum absolute atomic E-state index is 0.727. The number of fused-ring (bicyclic) bond motifs is 1. The fraction of sp³-hybridized carbons (Fsp3) is 0.269. The molecule has 4 heteroatoms. The lowest BCUT2D eigenvalue weighted by molar-refractivity contribution is 0.318. The summed E-state index contributed by atoms with van der Waals surface area (Å²) in [5, 5.41) is 0. The monoisotopic (exact) mass is 400 g/mol. The van der Waals surface area contributed by atoms with E-state index in [0.29, 0.717) is 0 Å². The Balaban J connectivity index is 1.66. The molecule has 4 nitrogen and oxygen atoms in total. The maximum absolute atomic E-state index is 5.93. The lowest BCUT2D eigenvalue weighted by atomic mass is 10.2. The van der Waals surface area contributed by atoms with E-state index >= 15 is 0 Å². The zero-order chi connectivity index (χ0) is 20.8. The van der Waals surface area contributed by atoms with Crippen molar-refractivity contribution in [3.8, 4) is 28.6 Å². The van der Waals surface area contributed by atoms with Crippen molar-refractivity contribution in [1.29, 1.82) is 0 Å². The maximum atomic E-state index is 5.93. The van der Waals surface area contributed by atoms with Gasteiger partial charge in [0.2, 0.25) is 0 Å². The van der Waals surface area contributed by atoms with Crippen LogP contribution in [-0.4, -0.2) is 16.2 Å². The van der Waals surface area contributed by atoms with Gasteiger partial charge in [0.05, 0.1) is 17.6 Å². The number of aryl methyl sites for hydroxylation is 1. The van der Waals surface area contributed by atoms with Crippen LogP contribution in [-0.2, 0) is 6.54 Å². The number of benzene rings is 3. The third-order valence-corrected chi connectivity index (χ3v) is 5.02. The Morgan fingerprint density at radius 3 is 2.27 bits per heavy atom. The summed E-state index contributed by atoms with van der Waals surface area (Å²) in [6.45, 7) is 5.99. The van der Waals surface area contributed by atoms with Crippen molar-refractivity contribution in [3.63, 3.8) is 0 Å². The summed E-state index contributed by atoms with van der Waals surface area (Å²) in [6.07, 6.45) is 3.23. The van der Waals surface area contributed by atoms with Gasteiger partial charge in [-0.15, -0.1) is 0 Å². The number of hydrogen-bond donors (Lipinski definition) is 0. The van der Waals surface area contributed by atoms with Crippen LogP contribution in [0.5, 0.6) is 17.2 Å². The molecule has 0 spiro atoms. The van der Waals surface area contributed by atoms with Gasteiger partial charge in [0.15, 0.2) is 0 Å². The van der Waals surface area contributed by atoms with Gasteiger partial charge in [-0.05, 0) is 61.4 Å². The predicted molar refractivity (Wildman–Crippen MR) is 122 cm³/mol. The van der Waals surface area contributed by atoms with Crippen LogP contribution in [0.25, 0.3) is 22.4 Å². The number of nitrogens with zero attached hydrogens (tertiary/aromatic N) is 2. The number of rotatable bonds is 9. The second kappa shape index (κ2) is 9.49. The summed E-state index contributed by atoms with van der Waals surface area (Å²) in [5.41, 5.74) is 3.20. The first-order chi connectivity index (χ1) is 14.8. The third kappa shape index (κ3) is 4.48. The Morgan fingerprint density at radius 1 is 0.800 bits per heavy atom. The van der Waals surface area contributed by atoms with Crippen LogP contribution in [0.4, 0.5) is 0 Å². The van der Waals surface area contributed by atoms with E-state index in [0.717, 1.165) is 72.1 Å². The van der Waals surface area contributed by atoms with Crippen molar-refractivity contribution >= 4 is 11.0 Å². The fourth-order valence-electron chi connectivity index (χ4n) is 3.47. The molecule has 0 amide bonds. The molecule has 3 aromatic carbocycles. The first kappa shape index (κ1) is 20.0. The van der Waals surface area contributed by atoms with Crippen LogP contribution in [0.1, 0.15) is 33.1 Å². The molecule has 30 heavy (non-hydrogen) atoms. The quantitative estimate of drug-likeness (QED) is 0.301. The van der Waals surface area contributed by atoms with Crippen LogP contribution in [0.3, 0.4) is 0 Å². The van der Waals surface area contributed by atoms with Gasteiger partial charge in [0, 0.05) is 18.2 Å². The van der Waals surface area contributed by atoms with E-state index in [1.54, 1.807) is 0 Å². The number of ether oxygens (including phenoxy) is 2. The number of hydrogen-bond acceptors (Lipinski definition) is 3. The van der Waals surface area contributed by atoms with E-state index in [2.05, 4.69) is 42.7 Å². The molecule has 0 saturated carbocycles. The highest BCUT2D eigenvalue weighted by Gasteiger charge is 2.14. The molecule has 0 saturated heterocycles. The molecular formula is C26H28N2O2. The summed E-state index contributed by atoms with van der Waals surface area (Å²) in [4.78, 5) is 4.94. The van der Waals surface area contributed by atoms with Gasteiger partial charge < -0.3 is 14.0 Å². The maximum Gasteiger partial charge on any atom is 0.141 e. The van der Waals surface area contributed by atoms with Crippen LogP contribution < -0.4 is 9.47 Å². The van der Waals surface area contributed by atoms with E-state index in [-0.39, 0.29) is 0 Å². The highest BCUT2D eigenvalue weighted by Crippen LogP contribution is 2.30. The fourth-order valence-corrected chi connectivity index (χ4v) is 3.47. The molecule has 0 unspecified atom stereocenters. The second-order valence-electron chi connectivity index (χ2n) is 7.38. The van der Waals surface area contributed by atoms with Gasteiger partial charge in [0.25, 0.3) is 0 Å². The number of para-hydroxylation sites is 1. The summed E-state index contributed by atoms with van der Waals surface area (Å²) in [5.74, 6) is 3.54. The minimum Gasteiger partial charge on any atom is -0.494 e. The van der Waals surface area contributed by atoms with Crippen molar-refractivity contribution < 1.29 is 9.47 Å². The molecular weight excluding hydrogens is 372 g/mol. The topological polar surface area (TPSA) is 36.3 Å². The molecule has 0 bridgehead atoms. The molecule has 1 heterocycles. The average Bonchev–Trinajstić information content (AvgIpc) is 3.15. The van der Waals surface area contributed by atoms with Crippen molar-refractivity contribution in [2.45, 2.75) is 39.7 Å². The molecule has 1 aromatic heterocycles. The number of aromatic nitrogens is 2. The van der Waals surface area contributed by atoms with Crippen LogP contribution >= 0.6 is 0 Å². The lowest BCUT2D eigenvalue weighted by Crippen LogP contribution is -2.01. The zero-order valence-electron chi connectivity index (χ0n) is 17.7. The normalized spacial score (nSPS) is 11.0. The molecule has 0 fully saturated rings. The second-order valence-corrected chi connectivity index (χ2v) is 7.38. The van der Waals surface area contributed by atoms with Crippen LogP contribution in [0, 0.1) is 0 Å². The summed E-state index contributed by atoms with van der Waals surface area (Å²) < 4.78 is 14.1. The summed E-state index contributed by atoms with van der Waals surface area (Å²) >= 11 is 0. The number of imidazole rings is 1. The molecule has 4 aromatic rings. The van der Waals surface area contributed by atoms with Crippen LogP contribution in [0.2, 0.25) is 0 Å². The van der Waals surface area contributed by atoms with Gasteiger partial charge in [-0.25, -0.2) is 4.98 Å². The number of unbranched alkanes of at least 4 members (excludes halogenated alkanes) is 1. The van der Waals surface area contributed by atoms with E-state index in [1.165, 1.54) is 0 Å². The third-order valence-electron chi connectivity index (χ3n) is 5.02. The zero-order valence-corrected chi connectivity index (χ0v) is 17.7. The molecule has 0 atom stereocenters. The largest absolute Gasteiger partial charge is 0.494 e. The Morgan fingerprint density at radius 2 is 1.53 bits per heavy atom. The molecule has 4 rings (SSSR count). The van der Waals surface area contributed by atoms with Gasteiger partial charge in [-0.1, -0.05) is 38.5 Å². The lowest BCUT2D eigenvalue weighted by Gasteiger charge is -2.11. The van der Waals surface area contributed by atoms with Crippen molar-refractivity contribution in [1.82, 2.24) is 9.55 Å². The van der Waals surface area contributed by atoms with Crippen molar-refractivity contribution in [2.24, 2.45) is 0 Å². The molecule has 0 aliphatic heterocycles. The standard InChI is InChI=1S/C26H28N2O2/c1-3-5-17-28-25-19-23(29-18-4-2)15-16-24(25)27-26(28)20-11-13-22(14-12-20)30-21-9-7-6-8-10-21/h6-16,19H,3-5,17-18H2,1-2H3. The van der Waals surface area contributed by atoms with Crippen LogP contribution in [0.15, 0.2) is 72.8 Å². The predicted octanol–water partition coefficient (Wildman–Crippen LogP) is 7.08. The van der Waals surface area contributed by atoms with Crippen molar-refractivity contribution in [3.05, 3.63) is 72.8 Å². The first-order valence-electron chi connectivity index (χ1n) is 10.7. The Bertz CT molecular complexity index is 1090.